The molecule has 0 bridgehead atoms. The van der Waals surface area contributed by atoms with Crippen molar-refractivity contribution in [1.82, 2.24) is 29.7 Å². The third-order valence-corrected chi connectivity index (χ3v) is 6.84. The first-order valence-corrected chi connectivity index (χ1v) is 13.3. The summed E-state index contributed by atoms with van der Waals surface area (Å²) in [5, 5.41) is 3.10. The molecule has 12 heteroatoms. The fourth-order valence-corrected chi connectivity index (χ4v) is 4.82. The second kappa shape index (κ2) is 10.8. The number of ether oxygens (including phenoxy) is 2. The molecule has 0 aliphatic carbocycles. The Morgan fingerprint density at radius 3 is 2.44 bits per heavy atom. The summed E-state index contributed by atoms with van der Waals surface area (Å²) in [7, 11) is 1.58. The van der Waals surface area contributed by atoms with Crippen molar-refractivity contribution >= 4 is 45.3 Å². The number of amides is 2. The van der Waals surface area contributed by atoms with Gasteiger partial charge in [-0.15, -0.1) is 11.3 Å². The van der Waals surface area contributed by atoms with Crippen molar-refractivity contribution < 1.29 is 19.1 Å². The number of rotatable bonds is 5. The Balaban J connectivity index is 1.24. The largest absolute Gasteiger partial charge is 0.493 e. The summed E-state index contributed by atoms with van der Waals surface area (Å²) in [5.41, 5.74) is 4.17. The van der Waals surface area contributed by atoms with Gasteiger partial charge in [0.25, 0.3) is 5.91 Å². The Kier molecular flexibility index (Phi) is 7.29. The zero-order chi connectivity index (χ0) is 27.6. The maximum Gasteiger partial charge on any atom is 0.410 e. The van der Waals surface area contributed by atoms with Gasteiger partial charge in [0.05, 0.1) is 34.6 Å². The van der Waals surface area contributed by atoms with E-state index in [4.69, 9.17) is 9.47 Å². The van der Waals surface area contributed by atoms with Gasteiger partial charge in [-0.25, -0.2) is 24.7 Å². The molecule has 1 aliphatic heterocycles. The number of benzene rings is 1. The number of piperazine rings is 1. The van der Waals surface area contributed by atoms with Crippen molar-refractivity contribution in [2.24, 2.45) is 0 Å². The molecule has 0 atom stereocenters. The molecule has 1 fully saturated rings. The fraction of sp³-hybridized carbons (Fsp3) is 0.333. The van der Waals surface area contributed by atoms with E-state index < -0.39 is 5.60 Å². The van der Waals surface area contributed by atoms with Crippen molar-refractivity contribution in [2.45, 2.75) is 26.4 Å². The highest BCUT2D eigenvalue weighted by molar-refractivity contribution is 7.16. The molecule has 202 valence electrons. The predicted molar refractivity (Wildman–Crippen MR) is 148 cm³/mol. The summed E-state index contributed by atoms with van der Waals surface area (Å²) in [6.07, 6.45) is 2.77. The molecule has 5 rings (SSSR count). The van der Waals surface area contributed by atoms with E-state index in [0.717, 1.165) is 15.8 Å². The third-order valence-electron chi connectivity index (χ3n) is 6.05. The molecule has 0 unspecified atom stereocenters. The van der Waals surface area contributed by atoms with Gasteiger partial charge in [0, 0.05) is 37.9 Å². The van der Waals surface area contributed by atoms with Crippen molar-refractivity contribution in [3.8, 4) is 17.0 Å². The SMILES string of the molecule is COc1cnc(Nc2ccc(C(=O)N3CCN(C(=O)OC(C)(C)C)CC3)cn2)nc1-c1ccc2ncsc2c1. The van der Waals surface area contributed by atoms with Crippen LogP contribution in [0.25, 0.3) is 21.5 Å². The smallest absolute Gasteiger partial charge is 0.410 e. The highest BCUT2D eigenvalue weighted by Gasteiger charge is 2.28. The lowest BCUT2D eigenvalue weighted by molar-refractivity contribution is 0.0141. The zero-order valence-corrected chi connectivity index (χ0v) is 23.0. The standard InChI is InChI=1S/C27H29N7O4S/c1-27(2,3)38-26(36)34-11-9-33(10-12-34)24(35)18-6-8-22(28-14-18)31-25-29-15-20(37-4)23(32-25)17-5-7-19-21(13-17)39-16-30-19/h5-8,13-16H,9-12H2,1-4H3,(H,28,29,31,32). The molecule has 4 aromatic rings. The molecule has 1 N–H and O–H groups in total. The molecular formula is C27H29N7O4S. The highest BCUT2D eigenvalue weighted by Crippen LogP contribution is 2.32. The summed E-state index contributed by atoms with van der Waals surface area (Å²) in [5.74, 6) is 1.25. The van der Waals surface area contributed by atoms with Crippen LogP contribution in [0.1, 0.15) is 31.1 Å². The zero-order valence-electron chi connectivity index (χ0n) is 22.2. The van der Waals surface area contributed by atoms with Crippen LogP contribution in [0.4, 0.5) is 16.6 Å². The Morgan fingerprint density at radius 1 is 0.974 bits per heavy atom. The quantitative estimate of drug-likeness (QED) is 0.382. The summed E-state index contributed by atoms with van der Waals surface area (Å²) in [6.45, 7) is 7.18. The summed E-state index contributed by atoms with van der Waals surface area (Å²) >= 11 is 1.56. The van der Waals surface area contributed by atoms with Gasteiger partial charge < -0.3 is 24.6 Å². The third kappa shape index (κ3) is 6.06. The number of hydrogen-bond acceptors (Lipinski definition) is 10. The maximum absolute atomic E-state index is 13.0. The molecule has 2 amide bonds. The van der Waals surface area contributed by atoms with Crippen LogP contribution in [-0.4, -0.2) is 80.6 Å². The lowest BCUT2D eigenvalue weighted by atomic mass is 10.1. The fourth-order valence-electron chi connectivity index (χ4n) is 4.10. The number of aromatic nitrogens is 4. The average molecular weight is 548 g/mol. The van der Waals surface area contributed by atoms with Gasteiger partial charge in [0.2, 0.25) is 5.95 Å². The van der Waals surface area contributed by atoms with Gasteiger partial charge in [0.1, 0.15) is 17.1 Å². The van der Waals surface area contributed by atoms with Crippen LogP contribution < -0.4 is 10.1 Å². The lowest BCUT2D eigenvalue weighted by Gasteiger charge is -2.35. The number of thiazole rings is 1. The Labute approximate surface area is 229 Å². The Bertz CT molecular complexity index is 1490. The number of fused-ring (bicyclic) bond motifs is 1. The topological polar surface area (TPSA) is 123 Å². The van der Waals surface area contributed by atoms with E-state index in [1.165, 1.54) is 6.20 Å². The van der Waals surface area contributed by atoms with Crippen LogP contribution >= 0.6 is 11.3 Å². The number of methoxy groups -OCH3 is 1. The van der Waals surface area contributed by atoms with Crippen LogP contribution in [0.5, 0.6) is 5.75 Å². The van der Waals surface area contributed by atoms with Crippen LogP contribution in [0.15, 0.2) is 48.2 Å². The molecular weight excluding hydrogens is 518 g/mol. The minimum absolute atomic E-state index is 0.140. The minimum Gasteiger partial charge on any atom is -0.493 e. The molecule has 11 nitrogen and oxygen atoms in total. The number of carbonyl (C=O) groups excluding carboxylic acids is 2. The summed E-state index contributed by atoms with van der Waals surface area (Å²) in [4.78, 5) is 46.4. The van der Waals surface area contributed by atoms with Gasteiger partial charge in [0.15, 0.2) is 5.75 Å². The first-order valence-electron chi connectivity index (χ1n) is 12.4. The van der Waals surface area contributed by atoms with Gasteiger partial charge in [-0.05, 0) is 45.0 Å². The van der Waals surface area contributed by atoms with E-state index in [1.807, 2.05) is 44.5 Å². The highest BCUT2D eigenvalue weighted by atomic mass is 32.1. The van der Waals surface area contributed by atoms with E-state index in [1.54, 1.807) is 46.6 Å². The molecule has 1 aliphatic rings. The predicted octanol–water partition coefficient (Wildman–Crippen LogP) is 4.59. The number of nitrogens with one attached hydrogen (secondary N) is 1. The molecule has 0 saturated carbocycles. The van der Waals surface area contributed by atoms with E-state index in [0.29, 0.717) is 55.0 Å². The first kappa shape index (κ1) is 26.3. The average Bonchev–Trinajstić information content (AvgIpc) is 3.40. The molecule has 0 spiro atoms. The minimum atomic E-state index is -0.556. The number of anilines is 2. The number of nitrogens with zero attached hydrogens (tertiary/aromatic N) is 6. The van der Waals surface area contributed by atoms with Crippen molar-refractivity contribution in [2.75, 3.05) is 38.6 Å². The van der Waals surface area contributed by atoms with E-state index >= 15 is 0 Å². The van der Waals surface area contributed by atoms with Gasteiger partial charge in [-0.3, -0.25) is 4.79 Å². The van der Waals surface area contributed by atoms with E-state index in [2.05, 4.69) is 25.3 Å². The molecule has 0 radical (unpaired) electrons. The van der Waals surface area contributed by atoms with Crippen LogP contribution in [0.2, 0.25) is 0 Å². The Morgan fingerprint density at radius 2 is 1.74 bits per heavy atom. The van der Waals surface area contributed by atoms with Crippen LogP contribution in [0.3, 0.4) is 0 Å². The second-order valence-electron chi connectivity index (χ2n) is 9.96. The molecule has 1 saturated heterocycles. The normalized spacial score (nSPS) is 13.8. The van der Waals surface area contributed by atoms with Gasteiger partial charge in [-0.2, -0.15) is 0 Å². The van der Waals surface area contributed by atoms with Crippen molar-refractivity contribution in [3.63, 3.8) is 0 Å². The van der Waals surface area contributed by atoms with Crippen molar-refractivity contribution in [1.29, 1.82) is 0 Å². The maximum atomic E-state index is 13.0. The van der Waals surface area contributed by atoms with E-state index in [9.17, 15) is 9.59 Å². The number of hydrogen-bond donors (Lipinski definition) is 1. The van der Waals surface area contributed by atoms with Crippen LogP contribution in [0, 0.1) is 0 Å². The van der Waals surface area contributed by atoms with Crippen LogP contribution in [-0.2, 0) is 4.74 Å². The summed E-state index contributed by atoms with van der Waals surface area (Å²) < 4.78 is 12.0. The molecule has 3 aromatic heterocycles. The van der Waals surface area contributed by atoms with E-state index in [-0.39, 0.29) is 12.0 Å². The Hall–Kier alpha value is -4.32. The molecule has 39 heavy (non-hydrogen) atoms. The van der Waals surface area contributed by atoms with Crippen molar-refractivity contribution in [3.05, 3.63) is 53.8 Å². The lowest BCUT2D eigenvalue weighted by Crippen LogP contribution is -2.51. The monoisotopic (exact) mass is 547 g/mol. The summed E-state index contributed by atoms with van der Waals surface area (Å²) in [6, 6.07) is 9.34. The first-order chi connectivity index (χ1) is 18.7. The van der Waals surface area contributed by atoms with Gasteiger partial charge in [-0.1, -0.05) is 6.07 Å². The molecule has 4 heterocycles. The molecule has 1 aromatic carbocycles. The number of carbonyl (C=O) groups is 2. The number of pyridine rings is 1. The van der Waals surface area contributed by atoms with Gasteiger partial charge >= 0.3 is 6.09 Å². The second-order valence-corrected chi connectivity index (χ2v) is 10.8.